The highest BCUT2D eigenvalue weighted by Crippen LogP contribution is 2.48. The number of anilines is 1. The maximum Gasteiger partial charge on any atom is 0.334 e. The van der Waals surface area contributed by atoms with E-state index in [9.17, 15) is 40.3 Å². The predicted octanol–water partition coefficient (Wildman–Crippen LogP) is 5.45. The average Bonchev–Trinajstić information content (AvgIpc) is 3.58. The second-order valence-corrected chi connectivity index (χ2v) is 17.5. The van der Waals surface area contributed by atoms with Crippen LogP contribution in [0.2, 0.25) is 0 Å². The molecule has 0 aromatic heterocycles. The van der Waals surface area contributed by atoms with Gasteiger partial charge in [-0.25, -0.2) is 4.79 Å². The number of imide groups is 1. The first-order valence-electron chi connectivity index (χ1n) is 16.7. The minimum absolute atomic E-state index is 0.00964. The molecule has 0 bridgehead atoms. The van der Waals surface area contributed by atoms with E-state index in [0.717, 1.165) is 38.8 Å². The standard InChI is InChI=1S/C36H41N3O10S3/c1-7-37-28-13-11-24(51(43,44)45)21-26(28)35(3,4)30(37)15-9-23(50-20-19-34(42)49-39-32(40)17-18-33(39)41)10-16-31-36(5,6)27-22-25(52(46,47)48)12-14-29(27)38(31)8-2/h9-16,21-22H,7-8,17-20H2,1-6H3,(H-,43,44,45,46,47,48)/p+1. The molecule has 0 spiro atoms. The van der Waals surface area contributed by atoms with Gasteiger partial charge in [-0.15, -0.1) is 16.8 Å². The summed E-state index contributed by atoms with van der Waals surface area (Å²) in [6.45, 7) is 12.9. The minimum Gasteiger partial charge on any atom is -0.344 e. The Hall–Kier alpha value is -4.09. The van der Waals surface area contributed by atoms with Crippen LogP contribution < -0.4 is 4.90 Å². The molecule has 52 heavy (non-hydrogen) atoms. The molecule has 2 aromatic rings. The molecule has 2 aromatic carbocycles. The number of hydroxylamine groups is 2. The summed E-state index contributed by atoms with van der Waals surface area (Å²) in [5, 5.41) is 0.518. The van der Waals surface area contributed by atoms with Crippen molar-refractivity contribution in [1.29, 1.82) is 0 Å². The van der Waals surface area contributed by atoms with E-state index >= 15 is 0 Å². The highest BCUT2D eigenvalue weighted by atomic mass is 32.2. The van der Waals surface area contributed by atoms with E-state index in [1.807, 2.05) is 65.8 Å². The van der Waals surface area contributed by atoms with E-state index in [0.29, 0.717) is 18.2 Å². The van der Waals surface area contributed by atoms with Gasteiger partial charge >= 0.3 is 5.97 Å². The Balaban J connectivity index is 1.51. The summed E-state index contributed by atoms with van der Waals surface area (Å²) in [6, 6.07) is 9.06. The molecule has 16 heteroatoms. The molecule has 278 valence electrons. The van der Waals surface area contributed by atoms with Crippen molar-refractivity contribution in [2.75, 3.05) is 23.7 Å². The highest BCUT2D eigenvalue weighted by molar-refractivity contribution is 8.03. The van der Waals surface area contributed by atoms with E-state index in [1.165, 1.54) is 36.0 Å². The highest BCUT2D eigenvalue weighted by Gasteiger charge is 2.45. The number of carbonyl (C=O) groups is 3. The van der Waals surface area contributed by atoms with Crippen molar-refractivity contribution in [2.24, 2.45) is 0 Å². The Bertz CT molecular complexity index is 2180. The summed E-state index contributed by atoms with van der Waals surface area (Å²) >= 11 is 1.34. The Morgan fingerprint density at radius 3 is 2.10 bits per heavy atom. The van der Waals surface area contributed by atoms with Crippen molar-refractivity contribution in [1.82, 2.24) is 5.06 Å². The summed E-state index contributed by atoms with van der Waals surface area (Å²) in [5.74, 6) is -1.62. The van der Waals surface area contributed by atoms with Crippen LogP contribution >= 0.6 is 11.8 Å². The van der Waals surface area contributed by atoms with E-state index in [2.05, 4.69) is 9.48 Å². The zero-order valence-electron chi connectivity index (χ0n) is 29.7. The Labute approximate surface area is 308 Å². The van der Waals surface area contributed by atoms with Gasteiger partial charge in [0, 0.05) is 64.5 Å². The van der Waals surface area contributed by atoms with Crippen LogP contribution in [0.1, 0.15) is 71.9 Å². The van der Waals surface area contributed by atoms with Crippen LogP contribution in [-0.2, 0) is 50.3 Å². The molecule has 3 heterocycles. The maximum absolute atomic E-state index is 12.6. The van der Waals surface area contributed by atoms with E-state index < -0.39 is 48.8 Å². The molecule has 1 saturated heterocycles. The van der Waals surface area contributed by atoms with Crippen LogP contribution in [0.25, 0.3) is 0 Å². The van der Waals surface area contributed by atoms with Gasteiger partial charge in [-0.1, -0.05) is 13.8 Å². The first-order valence-corrected chi connectivity index (χ1v) is 20.5. The molecule has 1 fully saturated rings. The second kappa shape index (κ2) is 14.4. The topological polar surface area (TPSA) is 179 Å². The van der Waals surface area contributed by atoms with Gasteiger partial charge in [-0.2, -0.15) is 21.4 Å². The molecule has 13 nitrogen and oxygen atoms in total. The molecule has 0 saturated carbocycles. The second-order valence-electron chi connectivity index (χ2n) is 13.5. The number of benzene rings is 2. The molecule has 3 aliphatic heterocycles. The number of carbonyl (C=O) groups excluding carboxylic acids is 3. The SMILES string of the molecule is CCN1\C(=C/C=C(/C=C/C2=[N+](CC)c3ccc(S(=O)(=O)O)cc3C2(C)C)SCCC(=O)ON2C(=O)CCC2=O)C(C)(C)c2cc(S(=O)(=O)O)ccc21. The molecular weight excluding hydrogens is 731 g/mol. The summed E-state index contributed by atoms with van der Waals surface area (Å²) < 4.78 is 69.4. The molecule has 0 unspecified atom stereocenters. The number of amides is 2. The van der Waals surface area contributed by atoms with E-state index in [-0.39, 0.29) is 34.8 Å². The fourth-order valence-electron chi connectivity index (χ4n) is 6.84. The normalized spacial score (nSPS) is 19.3. The number of likely N-dealkylation sites (N-methyl/N-ethyl adjacent to an activating group) is 1. The van der Waals surface area contributed by atoms with E-state index in [1.54, 1.807) is 12.1 Å². The lowest BCUT2D eigenvalue weighted by Crippen LogP contribution is -2.32. The van der Waals surface area contributed by atoms with Crippen molar-refractivity contribution in [3.05, 3.63) is 82.4 Å². The fraction of sp³-hybridized carbons (Fsp3) is 0.389. The lowest BCUT2D eigenvalue weighted by Gasteiger charge is -2.26. The number of hydrogen-bond acceptors (Lipinski definition) is 10. The number of hydrogen-bond donors (Lipinski definition) is 2. The van der Waals surface area contributed by atoms with Crippen molar-refractivity contribution in [3.8, 4) is 0 Å². The largest absolute Gasteiger partial charge is 0.344 e. The van der Waals surface area contributed by atoms with Crippen LogP contribution in [0.3, 0.4) is 0 Å². The van der Waals surface area contributed by atoms with Crippen molar-refractivity contribution >= 4 is 66.9 Å². The molecule has 0 radical (unpaired) electrons. The lowest BCUT2D eigenvalue weighted by atomic mass is 9.81. The smallest absolute Gasteiger partial charge is 0.334 e. The maximum atomic E-state index is 12.6. The van der Waals surface area contributed by atoms with E-state index in [4.69, 9.17) is 4.84 Å². The molecule has 0 atom stereocenters. The first-order chi connectivity index (χ1) is 24.2. The Morgan fingerprint density at radius 1 is 0.923 bits per heavy atom. The molecule has 3 aliphatic rings. The first kappa shape index (κ1) is 39.1. The van der Waals surface area contributed by atoms with Crippen molar-refractivity contribution in [2.45, 2.75) is 81.4 Å². The van der Waals surface area contributed by atoms with Crippen LogP contribution in [-0.4, -0.2) is 77.9 Å². The summed E-state index contributed by atoms with van der Waals surface area (Å²) in [4.78, 5) is 43.9. The van der Waals surface area contributed by atoms with Gasteiger partial charge in [-0.05, 0) is 81.8 Å². The Morgan fingerprint density at radius 2 is 1.52 bits per heavy atom. The average molecular weight is 773 g/mol. The number of rotatable bonds is 12. The zero-order chi connectivity index (χ0) is 38.4. The van der Waals surface area contributed by atoms with Gasteiger partial charge in [-0.3, -0.25) is 18.7 Å². The Kier molecular flexibility index (Phi) is 10.8. The summed E-state index contributed by atoms with van der Waals surface area (Å²) in [5.41, 5.74) is 3.48. The predicted molar refractivity (Wildman–Crippen MR) is 197 cm³/mol. The van der Waals surface area contributed by atoms with Gasteiger partial charge in [0.2, 0.25) is 5.69 Å². The molecule has 5 rings (SSSR count). The fourth-order valence-corrected chi connectivity index (χ4v) is 8.69. The van der Waals surface area contributed by atoms with Gasteiger partial charge in [0.25, 0.3) is 32.1 Å². The number of thioether (sulfide) groups is 1. The van der Waals surface area contributed by atoms with Crippen LogP contribution in [0.5, 0.6) is 0 Å². The molecule has 2 N–H and O–H groups in total. The third-order valence-electron chi connectivity index (χ3n) is 9.54. The third-order valence-corrected chi connectivity index (χ3v) is 12.3. The minimum atomic E-state index is -4.42. The van der Waals surface area contributed by atoms with Crippen molar-refractivity contribution < 1.29 is 49.7 Å². The molecule has 2 amide bonds. The summed E-state index contributed by atoms with van der Waals surface area (Å²) in [6.07, 6.45) is 7.51. The van der Waals surface area contributed by atoms with Crippen LogP contribution in [0, 0.1) is 0 Å². The number of nitrogens with zero attached hydrogens (tertiary/aromatic N) is 3. The van der Waals surface area contributed by atoms with Crippen LogP contribution in [0.4, 0.5) is 11.4 Å². The quantitative estimate of drug-likeness (QED) is 0.121. The van der Waals surface area contributed by atoms with Gasteiger partial charge in [0.05, 0.1) is 21.6 Å². The van der Waals surface area contributed by atoms with Gasteiger partial charge in [0.15, 0.2) is 5.71 Å². The monoisotopic (exact) mass is 772 g/mol. The van der Waals surface area contributed by atoms with Crippen molar-refractivity contribution in [3.63, 3.8) is 0 Å². The van der Waals surface area contributed by atoms with Gasteiger partial charge < -0.3 is 9.74 Å². The lowest BCUT2D eigenvalue weighted by molar-refractivity contribution is -0.433. The third kappa shape index (κ3) is 7.53. The number of fused-ring (bicyclic) bond motifs is 2. The number of allylic oxidation sites excluding steroid dienone is 5. The molecular formula is C36H42N3O10S3+. The van der Waals surface area contributed by atoms with Crippen LogP contribution in [0.15, 0.2) is 81.1 Å². The zero-order valence-corrected chi connectivity index (χ0v) is 32.2. The van der Waals surface area contributed by atoms with Gasteiger partial charge in [0.1, 0.15) is 6.54 Å². The molecule has 0 aliphatic carbocycles. The summed E-state index contributed by atoms with van der Waals surface area (Å²) in [7, 11) is -8.85.